The Kier molecular flexibility index (Phi) is 3.28. The molecule has 0 radical (unpaired) electrons. The van der Waals surface area contributed by atoms with Crippen LogP contribution in [0.1, 0.15) is 29.9 Å². The number of hydrogen-bond donors (Lipinski definition) is 1. The van der Waals surface area contributed by atoms with Gasteiger partial charge in [-0.2, -0.15) is 13.2 Å². The van der Waals surface area contributed by atoms with Gasteiger partial charge in [-0.25, -0.2) is 0 Å². The van der Waals surface area contributed by atoms with Gasteiger partial charge in [0.25, 0.3) is 0 Å². The van der Waals surface area contributed by atoms with Gasteiger partial charge in [-0.15, -0.1) is 0 Å². The van der Waals surface area contributed by atoms with Crippen LogP contribution in [0.2, 0.25) is 0 Å². The van der Waals surface area contributed by atoms with Gasteiger partial charge < -0.3 is 9.84 Å². The number of ether oxygens (including phenoxy) is 1. The molecule has 2 rings (SSSR count). The van der Waals surface area contributed by atoms with Crippen molar-refractivity contribution < 1.29 is 23.0 Å². The van der Waals surface area contributed by atoms with Crippen LogP contribution in [0.15, 0.2) is 18.2 Å². The van der Waals surface area contributed by atoms with Gasteiger partial charge >= 0.3 is 6.18 Å². The third kappa shape index (κ3) is 2.72. The van der Waals surface area contributed by atoms with Gasteiger partial charge in [-0.1, -0.05) is 0 Å². The van der Waals surface area contributed by atoms with Crippen LogP contribution in [0.25, 0.3) is 0 Å². The van der Waals surface area contributed by atoms with Crippen molar-refractivity contribution >= 4 is 0 Å². The van der Waals surface area contributed by atoms with Gasteiger partial charge in [-0.3, -0.25) is 0 Å². The number of phenols is 1. The van der Waals surface area contributed by atoms with Crippen molar-refractivity contribution in [2.24, 2.45) is 0 Å². The monoisotopic (exact) mass is 246 g/mol. The summed E-state index contributed by atoms with van der Waals surface area (Å²) in [6.45, 7) is 1.06. The Hall–Kier alpha value is -1.23. The molecular formula is C12H13F3O2. The molecule has 1 heterocycles. The van der Waals surface area contributed by atoms with Crippen LogP contribution in [0, 0.1) is 0 Å². The van der Waals surface area contributed by atoms with Crippen molar-refractivity contribution in [1.29, 1.82) is 0 Å². The van der Waals surface area contributed by atoms with E-state index in [9.17, 15) is 18.3 Å². The Bertz CT molecular complexity index is 395. The molecule has 0 spiro atoms. The fourth-order valence-corrected chi connectivity index (χ4v) is 2.07. The van der Waals surface area contributed by atoms with Gasteiger partial charge in [0.2, 0.25) is 0 Å². The van der Waals surface area contributed by atoms with Crippen LogP contribution < -0.4 is 0 Å². The molecule has 94 valence electrons. The molecule has 1 aliphatic heterocycles. The molecular weight excluding hydrogens is 233 g/mol. The molecule has 0 unspecified atom stereocenters. The lowest BCUT2D eigenvalue weighted by atomic mass is 9.90. The van der Waals surface area contributed by atoms with E-state index in [4.69, 9.17) is 4.74 Å². The highest BCUT2D eigenvalue weighted by Crippen LogP contribution is 2.37. The maximum absolute atomic E-state index is 12.6. The minimum Gasteiger partial charge on any atom is -0.508 e. The lowest BCUT2D eigenvalue weighted by Gasteiger charge is -2.23. The first-order chi connectivity index (χ1) is 7.98. The number of rotatable bonds is 1. The molecule has 1 saturated heterocycles. The first kappa shape index (κ1) is 12.2. The summed E-state index contributed by atoms with van der Waals surface area (Å²) in [5, 5.41) is 9.64. The number of hydrogen-bond acceptors (Lipinski definition) is 2. The zero-order valence-corrected chi connectivity index (χ0v) is 9.13. The third-order valence-electron chi connectivity index (χ3n) is 3.02. The van der Waals surface area contributed by atoms with Crippen LogP contribution in [0.5, 0.6) is 5.75 Å². The Balaban J connectivity index is 2.31. The van der Waals surface area contributed by atoms with E-state index < -0.39 is 11.7 Å². The largest absolute Gasteiger partial charge is 0.508 e. The summed E-state index contributed by atoms with van der Waals surface area (Å²) in [6.07, 6.45) is -3.07. The lowest BCUT2D eigenvalue weighted by Crippen LogP contribution is -2.15. The van der Waals surface area contributed by atoms with Crippen molar-refractivity contribution in [2.45, 2.75) is 24.9 Å². The standard InChI is InChI=1S/C12H13F3O2/c13-12(14,15)9-1-2-11(16)10(7-9)8-3-5-17-6-4-8/h1-2,7-8,16H,3-6H2. The summed E-state index contributed by atoms with van der Waals surface area (Å²) in [4.78, 5) is 0. The Morgan fingerprint density at radius 3 is 2.41 bits per heavy atom. The van der Waals surface area contributed by atoms with Crippen LogP contribution in [-0.4, -0.2) is 18.3 Å². The van der Waals surface area contributed by atoms with Crippen LogP contribution in [-0.2, 0) is 10.9 Å². The van der Waals surface area contributed by atoms with Gasteiger partial charge in [0.15, 0.2) is 0 Å². The summed E-state index contributed by atoms with van der Waals surface area (Å²) in [7, 11) is 0. The highest BCUT2D eigenvalue weighted by molar-refractivity contribution is 5.39. The second kappa shape index (κ2) is 4.56. The van der Waals surface area contributed by atoms with Gasteiger partial charge in [0, 0.05) is 13.2 Å². The number of phenolic OH excluding ortho intramolecular Hbond substituents is 1. The molecule has 1 aromatic rings. The summed E-state index contributed by atoms with van der Waals surface area (Å²) in [6, 6.07) is 3.07. The molecule has 0 bridgehead atoms. The molecule has 1 aliphatic rings. The topological polar surface area (TPSA) is 29.5 Å². The molecule has 1 N–H and O–H groups in total. The minimum atomic E-state index is -4.37. The summed E-state index contributed by atoms with van der Waals surface area (Å²) in [5.41, 5.74) is -0.333. The average molecular weight is 246 g/mol. The zero-order valence-electron chi connectivity index (χ0n) is 9.13. The molecule has 2 nitrogen and oxygen atoms in total. The van der Waals surface area contributed by atoms with E-state index in [1.165, 1.54) is 0 Å². The predicted octanol–water partition coefficient (Wildman–Crippen LogP) is 3.31. The Morgan fingerprint density at radius 1 is 1.18 bits per heavy atom. The number of aromatic hydroxyl groups is 1. The van der Waals surface area contributed by atoms with Crippen molar-refractivity contribution in [1.82, 2.24) is 0 Å². The van der Waals surface area contributed by atoms with Crippen LogP contribution in [0.4, 0.5) is 13.2 Å². The van der Waals surface area contributed by atoms with Gasteiger partial charge in [-0.05, 0) is 42.5 Å². The van der Waals surface area contributed by atoms with E-state index in [0.29, 0.717) is 31.6 Å². The SMILES string of the molecule is Oc1ccc(C(F)(F)F)cc1C1CCOCC1. The maximum atomic E-state index is 12.6. The number of benzene rings is 1. The highest BCUT2D eigenvalue weighted by Gasteiger charge is 2.32. The van der Waals surface area contributed by atoms with E-state index in [2.05, 4.69) is 0 Å². The Labute approximate surface area is 97.0 Å². The minimum absolute atomic E-state index is 0.0500. The quantitative estimate of drug-likeness (QED) is 0.823. The number of alkyl halides is 3. The fraction of sp³-hybridized carbons (Fsp3) is 0.500. The van der Waals surface area contributed by atoms with Crippen molar-refractivity contribution in [3.05, 3.63) is 29.3 Å². The lowest BCUT2D eigenvalue weighted by molar-refractivity contribution is -0.137. The van der Waals surface area contributed by atoms with E-state index in [1.807, 2.05) is 0 Å². The molecule has 0 aliphatic carbocycles. The second-order valence-corrected chi connectivity index (χ2v) is 4.16. The van der Waals surface area contributed by atoms with Crippen molar-refractivity contribution in [2.75, 3.05) is 13.2 Å². The highest BCUT2D eigenvalue weighted by atomic mass is 19.4. The van der Waals surface area contributed by atoms with E-state index >= 15 is 0 Å². The first-order valence-corrected chi connectivity index (χ1v) is 5.46. The Morgan fingerprint density at radius 2 is 1.82 bits per heavy atom. The molecule has 0 saturated carbocycles. The second-order valence-electron chi connectivity index (χ2n) is 4.16. The van der Waals surface area contributed by atoms with Gasteiger partial charge in [0.05, 0.1) is 5.56 Å². The average Bonchev–Trinajstić information content (AvgIpc) is 2.29. The predicted molar refractivity (Wildman–Crippen MR) is 55.9 cm³/mol. The summed E-state index contributed by atoms with van der Waals surface area (Å²) in [5.74, 6) is -0.115. The number of halogens is 3. The molecule has 1 fully saturated rings. The fourth-order valence-electron chi connectivity index (χ4n) is 2.07. The smallest absolute Gasteiger partial charge is 0.416 e. The third-order valence-corrected chi connectivity index (χ3v) is 3.02. The maximum Gasteiger partial charge on any atom is 0.416 e. The zero-order chi connectivity index (χ0) is 12.5. The molecule has 5 heteroatoms. The van der Waals surface area contributed by atoms with E-state index in [1.54, 1.807) is 0 Å². The van der Waals surface area contributed by atoms with Crippen LogP contribution in [0.3, 0.4) is 0 Å². The normalized spacial score (nSPS) is 18.3. The van der Waals surface area contributed by atoms with Crippen LogP contribution >= 0.6 is 0 Å². The molecule has 1 aromatic carbocycles. The van der Waals surface area contributed by atoms with Crippen molar-refractivity contribution in [3.8, 4) is 5.75 Å². The molecule has 0 atom stereocenters. The molecule has 0 aromatic heterocycles. The molecule has 0 amide bonds. The molecule has 17 heavy (non-hydrogen) atoms. The first-order valence-electron chi connectivity index (χ1n) is 5.46. The van der Waals surface area contributed by atoms with Gasteiger partial charge in [0.1, 0.15) is 5.75 Å². The van der Waals surface area contributed by atoms with E-state index in [-0.39, 0.29) is 11.7 Å². The van der Waals surface area contributed by atoms with E-state index in [0.717, 1.165) is 18.2 Å². The summed E-state index contributed by atoms with van der Waals surface area (Å²) >= 11 is 0. The van der Waals surface area contributed by atoms with Crippen molar-refractivity contribution in [3.63, 3.8) is 0 Å². The summed E-state index contributed by atoms with van der Waals surface area (Å²) < 4.78 is 42.8.